The molecule has 1 aromatic carbocycles. The highest BCUT2D eigenvalue weighted by atomic mass is 79.9. The lowest BCUT2D eigenvalue weighted by molar-refractivity contribution is 0.0990. The van der Waals surface area contributed by atoms with Gasteiger partial charge in [-0.25, -0.2) is 9.97 Å². The minimum Gasteiger partial charge on any atom is -0.495 e. The standard InChI is InChI=1S/C19H19BrN6O2/c1-26-17(18(21)27)12-5-3-4-10-9-22-19(24-15(10)16(12)25-26)23-13-7-6-11(20)8-14(13)28-2/h6-9H,3-5H2,1-2H3,(H2,21,27)(H,22,23,24). The Hall–Kier alpha value is -2.94. The van der Waals surface area contributed by atoms with Crippen molar-refractivity contribution in [3.05, 3.63) is 45.7 Å². The fraction of sp³-hybridized carbons (Fsp3) is 0.263. The van der Waals surface area contributed by atoms with E-state index in [0.717, 1.165) is 46.2 Å². The van der Waals surface area contributed by atoms with E-state index in [4.69, 9.17) is 15.5 Å². The van der Waals surface area contributed by atoms with E-state index in [0.29, 0.717) is 23.1 Å². The summed E-state index contributed by atoms with van der Waals surface area (Å²) in [5, 5.41) is 7.74. The molecule has 2 heterocycles. The summed E-state index contributed by atoms with van der Waals surface area (Å²) in [6.07, 6.45) is 4.23. The first-order valence-electron chi connectivity index (χ1n) is 8.80. The second-order valence-corrected chi connectivity index (χ2v) is 7.47. The number of carbonyl (C=O) groups excluding carboxylic acids is 1. The molecule has 0 saturated carbocycles. The largest absolute Gasteiger partial charge is 0.495 e. The SMILES string of the molecule is COc1cc(Br)ccc1Nc1ncc2c(n1)-c1nn(C)c(C(N)=O)c1CCC2. The van der Waals surface area contributed by atoms with Crippen molar-refractivity contribution in [1.82, 2.24) is 19.7 Å². The van der Waals surface area contributed by atoms with Gasteiger partial charge in [-0.1, -0.05) is 15.9 Å². The maximum Gasteiger partial charge on any atom is 0.267 e. The van der Waals surface area contributed by atoms with Crippen molar-refractivity contribution in [2.75, 3.05) is 12.4 Å². The third kappa shape index (κ3) is 3.22. The number of primary amides is 1. The zero-order chi connectivity index (χ0) is 19.8. The van der Waals surface area contributed by atoms with E-state index in [9.17, 15) is 4.79 Å². The van der Waals surface area contributed by atoms with E-state index >= 15 is 0 Å². The number of hydrogen-bond acceptors (Lipinski definition) is 6. The van der Waals surface area contributed by atoms with Gasteiger partial charge < -0.3 is 15.8 Å². The first-order valence-corrected chi connectivity index (χ1v) is 9.59. The molecule has 0 bridgehead atoms. The van der Waals surface area contributed by atoms with Gasteiger partial charge in [0.1, 0.15) is 17.1 Å². The lowest BCUT2D eigenvalue weighted by Gasteiger charge is -2.12. The number of methoxy groups -OCH3 is 1. The third-order valence-electron chi connectivity index (χ3n) is 4.75. The highest BCUT2D eigenvalue weighted by Crippen LogP contribution is 2.34. The third-order valence-corrected chi connectivity index (χ3v) is 5.24. The molecule has 0 unspecified atom stereocenters. The molecule has 28 heavy (non-hydrogen) atoms. The zero-order valence-corrected chi connectivity index (χ0v) is 17.1. The number of hydrogen-bond donors (Lipinski definition) is 2. The molecule has 4 rings (SSSR count). The van der Waals surface area contributed by atoms with Crippen LogP contribution >= 0.6 is 15.9 Å². The number of anilines is 2. The lowest BCUT2D eigenvalue weighted by atomic mass is 10.1. The molecule has 9 heteroatoms. The van der Waals surface area contributed by atoms with Crippen LogP contribution in [0.5, 0.6) is 5.75 Å². The van der Waals surface area contributed by atoms with Crippen molar-refractivity contribution in [3.8, 4) is 17.1 Å². The van der Waals surface area contributed by atoms with E-state index in [2.05, 4.69) is 31.3 Å². The molecule has 0 fully saturated rings. The van der Waals surface area contributed by atoms with Gasteiger partial charge in [0.15, 0.2) is 0 Å². The van der Waals surface area contributed by atoms with Crippen molar-refractivity contribution in [3.63, 3.8) is 0 Å². The average molecular weight is 443 g/mol. The molecule has 1 aliphatic rings. The van der Waals surface area contributed by atoms with E-state index in [-0.39, 0.29) is 0 Å². The van der Waals surface area contributed by atoms with Gasteiger partial charge in [-0.2, -0.15) is 5.10 Å². The molecule has 0 atom stereocenters. The number of carbonyl (C=O) groups is 1. The number of amides is 1. The van der Waals surface area contributed by atoms with E-state index in [1.54, 1.807) is 14.2 Å². The molecule has 2 aromatic heterocycles. The van der Waals surface area contributed by atoms with E-state index in [1.807, 2.05) is 24.4 Å². The van der Waals surface area contributed by atoms with Crippen molar-refractivity contribution in [1.29, 1.82) is 0 Å². The van der Waals surface area contributed by atoms with Gasteiger partial charge in [-0.15, -0.1) is 0 Å². The van der Waals surface area contributed by atoms with Gasteiger partial charge in [0.2, 0.25) is 5.95 Å². The lowest BCUT2D eigenvalue weighted by Crippen LogP contribution is -2.17. The Balaban J connectivity index is 1.78. The normalized spacial score (nSPS) is 12.7. The Bertz CT molecular complexity index is 1080. The zero-order valence-electron chi connectivity index (χ0n) is 15.5. The second-order valence-electron chi connectivity index (χ2n) is 6.55. The Kier molecular flexibility index (Phi) is 4.76. The van der Waals surface area contributed by atoms with Crippen LogP contribution in [-0.4, -0.2) is 32.8 Å². The summed E-state index contributed by atoms with van der Waals surface area (Å²) in [4.78, 5) is 21.0. The molecule has 3 aromatic rings. The van der Waals surface area contributed by atoms with Crippen LogP contribution in [0.1, 0.15) is 28.0 Å². The summed E-state index contributed by atoms with van der Waals surface area (Å²) in [6, 6.07) is 5.65. The van der Waals surface area contributed by atoms with Crippen molar-refractivity contribution >= 4 is 33.5 Å². The number of benzene rings is 1. The highest BCUT2D eigenvalue weighted by Gasteiger charge is 2.26. The Labute approximate surface area is 170 Å². The van der Waals surface area contributed by atoms with Gasteiger partial charge >= 0.3 is 0 Å². The first kappa shape index (κ1) is 18.4. The van der Waals surface area contributed by atoms with Gasteiger partial charge in [-0.3, -0.25) is 9.48 Å². The maximum absolute atomic E-state index is 11.9. The van der Waals surface area contributed by atoms with Gasteiger partial charge in [0.05, 0.1) is 18.5 Å². The molecule has 0 radical (unpaired) electrons. The number of ether oxygens (including phenoxy) is 1. The number of nitrogens with two attached hydrogens (primary N) is 1. The van der Waals surface area contributed by atoms with E-state index < -0.39 is 5.91 Å². The summed E-state index contributed by atoms with van der Waals surface area (Å²) >= 11 is 3.43. The molecule has 144 valence electrons. The van der Waals surface area contributed by atoms with Crippen molar-refractivity contribution < 1.29 is 9.53 Å². The van der Waals surface area contributed by atoms with E-state index in [1.165, 1.54) is 4.68 Å². The van der Waals surface area contributed by atoms with Crippen LogP contribution in [0.3, 0.4) is 0 Å². The molecule has 0 aliphatic heterocycles. The van der Waals surface area contributed by atoms with Crippen LogP contribution < -0.4 is 15.8 Å². The minimum absolute atomic E-state index is 0.429. The fourth-order valence-corrected chi connectivity index (χ4v) is 3.84. The van der Waals surface area contributed by atoms with Crippen LogP contribution in [0, 0.1) is 0 Å². The molecule has 0 spiro atoms. The molecule has 3 N–H and O–H groups in total. The monoisotopic (exact) mass is 442 g/mol. The highest BCUT2D eigenvalue weighted by molar-refractivity contribution is 9.10. The van der Waals surface area contributed by atoms with Gasteiger partial charge in [0, 0.05) is 23.3 Å². The van der Waals surface area contributed by atoms with Gasteiger partial charge in [0.25, 0.3) is 5.91 Å². The second kappa shape index (κ2) is 7.23. The van der Waals surface area contributed by atoms with Crippen LogP contribution in [0.25, 0.3) is 11.4 Å². The molecule has 0 saturated heterocycles. The number of nitrogens with one attached hydrogen (secondary N) is 1. The average Bonchev–Trinajstić information content (AvgIpc) is 2.90. The maximum atomic E-state index is 11.9. The topological polar surface area (TPSA) is 108 Å². The molecule has 1 aliphatic carbocycles. The van der Waals surface area contributed by atoms with Crippen molar-refractivity contribution in [2.45, 2.75) is 19.3 Å². The van der Waals surface area contributed by atoms with Crippen LogP contribution in [0.4, 0.5) is 11.6 Å². The molecule has 1 amide bonds. The summed E-state index contributed by atoms with van der Waals surface area (Å²) < 4.78 is 7.87. The van der Waals surface area contributed by atoms with Gasteiger partial charge in [-0.05, 0) is 43.0 Å². The number of aryl methyl sites for hydroxylation is 2. The number of aromatic nitrogens is 4. The number of rotatable bonds is 4. The smallest absolute Gasteiger partial charge is 0.267 e. The minimum atomic E-state index is -0.480. The predicted molar refractivity (Wildman–Crippen MR) is 109 cm³/mol. The summed E-state index contributed by atoms with van der Waals surface area (Å²) in [5.74, 6) is 0.618. The fourth-order valence-electron chi connectivity index (χ4n) is 3.50. The Morgan fingerprint density at radius 2 is 2.14 bits per heavy atom. The molecular formula is C19H19BrN6O2. The predicted octanol–water partition coefficient (Wildman–Crippen LogP) is 2.98. The number of fused-ring (bicyclic) bond motifs is 3. The number of nitrogens with zero attached hydrogens (tertiary/aromatic N) is 4. The quantitative estimate of drug-likeness (QED) is 0.642. The summed E-state index contributed by atoms with van der Waals surface area (Å²) in [6.45, 7) is 0. The van der Waals surface area contributed by atoms with Crippen molar-refractivity contribution in [2.24, 2.45) is 12.8 Å². The summed E-state index contributed by atoms with van der Waals surface area (Å²) in [7, 11) is 3.33. The first-order chi connectivity index (χ1) is 13.5. The molecule has 8 nitrogen and oxygen atoms in total. The van der Waals surface area contributed by atoms with Crippen LogP contribution in [0.15, 0.2) is 28.9 Å². The Morgan fingerprint density at radius 3 is 2.89 bits per heavy atom. The Morgan fingerprint density at radius 1 is 1.32 bits per heavy atom. The van der Waals surface area contributed by atoms with Crippen LogP contribution in [-0.2, 0) is 19.9 Å². The van der Waals surface area contributed by atoms with Crippen LogP contribution in [0.2, 0.25) is 0 Å². The number of halogens is 1. The molecular weight excluding hydrogens is 424 g/mol. The summed E-state index contributed by atoms with van der Waals surface area (Å²) in [5.41, 5.74) is 10.0.